The number of unbranched alkanes of at least 4 members (excludes halogenated alkanes) is 2. The van der Waals surface area contributed by atoms with E-state index in [1.54, 1.807) is 38.1 Å². The molecule has 0 aliphatic rings. The topological polar surface area (TPSA) is 260 Å². The number of aromatic nitrogens is 1. The molecular formula is C36H49N6O10P. The number of hydroxylamine groups is 2. The van der Waals surface area contributed by atoms with Crippen LogP contribution in [0.25, 0.3) is 17.0 Å². The van der Waals surface area contributed by atoms with E-state index in [1.165, 1.54) is 30.3 Å². The van der Waals surface area contributed by atoms with Crippen molar-refractivity contribution >= 4 is 37.1 Å². The Hall–Kier alpha value is -5.25. The summed E-state index contributed by atoms with van der Waals surface area (Å²) in [5.41, 5.74) is 1.36. The molecule has 0 saturated heterocycles. The minimum Gasteiger partial charge on any atom is -0.494 e. The maximum Gasteiger partial charge on any atom is 0.363 e. The van der Waals surface area contributed by atoms with Gasteiger partial charge in [0, 0.05) is 23.6 Å². The molecule has 2 aromatic heterocycles. The summed E-state index contributed by atoms with van der Waals surface area (Å²) in [5, 5.41) is 5.88. The van der Waals surface area contributed by atoms with Gasteiger partial charge >= 0.3 is 13.6 Å². The summed E-state index contributed by atoms with van der Waals surface area (Å²) in [5.74, 6) is -2.33. The molecule has 288 valence electrons. The highest BCUT2D eigenvalue weighted by Gasteiger charge is 2.33. The Labute approximate surface area is 308 Å². The third-order valence-corrected chi connectivity index (χ3v) is 9.06. The van der Waals surface area contributed by atoms with Crippen molar-refractivity contribution in [2.24, 2.45) is 5.92 Å². The van der Waals surface area contributed by atoms with Crippen molar-refractivity contribution in [1.82, 2.24) is 32.6 Å². The molecule has 2 atom stereocenters. The van der Waals surface area contributed by atoms with Gasteiger partial charge in [-0.25, -0.2) is 4.79 Å². The van der Waals surface area contributed by atoms with Gasteiger partial charge in [-0.2, -0.15) is 5.06 Å². The van der Waals surface area contributed by atoms with Crippen molar-refractivity contribution in [3.8, 4) is 22.8 Å². The monoisotopic (exact) mass is 756 g/mol. The van der Waals surface area contributed by atoms with Crippen molar-refractivity contribution in [1.29, 1.82) is 0 Å². The molecule has 0 saturated carbocycles. The minimum atomic E-state index is -4.61. The molecule has 0 unspecified atom stereocenters. The van der Waals surface area contributed by atoms with Crippen molar-refractivity contribution < 1.29 is 47.5 Å². The van der Waals surface area contributed by atoms with E-state index in [-0.39, 0.29) is 53.7 Å². The van der Waals surface area contributed by atoms with Gasteiger partial charge in [0.05, 0.1) is 36.1 Å². The lowest BCUT2D eigenvalue weighted by Gasteiger charge is -2.31. The first-order valence-electron chi connectivity index (χ1n) is 16.7. The fraction of sp³-hybridized carbons (Fsp3) is 0.333. The number of benzene rings is 2. The molecule has 2 heterocycles. The number of hydrogen-bond acceptors (Lipinski definition) is 10. The minimum absolute atomic E-state index is 0. The average molecular weight is 757 g/mol. The molecule has 10 N–H and O–H groups in total. The molecule has 4 aromatic rings. The van der Waals surface area contributed by atoms with Crippen LogP contribution < -0.4 is 33.0 Å². The van der Waals surface area contributed by atoms with Gasteiger partial charge in [0.1, 0.15) is 11.5 Å². The van der Waals surface area contributed by atoms with Gasteiger partial charge in [-0.3, -0.25) is 18.9 Å². The normalized spacial score (nSPS) is 11.9. The second kappa shape index (κ2) is 20.7. The third-order valence-electron chi connectivity index (χ3n) is 8.13. The van der Waals surface area contributed by atoms with Crippen LogP contribution in [0.5, 0.6) is 5.75 Å². The number of hydrogen-bond donors (Lipinski definition) is 6. The van der Waals surface area contributed by atoms with Gasteiger partial charge in [-0.1, -0.05) is 33.1 Å². The lowest BCUT2D eigenvalue weighted by molar-refractivity contribution is -0.171. The number of nitrogens with one attached hydrogen (secondary N) is 2. The number of ether oxygens (including phenoxy) is 1. The number of furan rings is 1. The molecule has 0 aliphatic heterocycles. The van der Waals surface area contributed by atoms with Gasteiger partial charge in [-0.05, 0) is 86.5 Å². The van der Waals surface area contributed by atoms with Gasteiger partial charge in [0.15, 0.2) is 5.76 Å². The predicted octanol–water partition coefficient (Wildman–Crippen LogP) is 5.27. The Kier molecular flexibility index (Phi) is 17.2. The zero-order valence-corrected chi connectivity index (χ0v) is 31.0. The highest BCUT2D eigenvalue weighted by atomic mass is 31.2. The summed E-state index contributed by atoms with van der Waals surface area (Å²) in [6.45, 7) is 5.53. The van der Waals surface area contributed by atoms with Crippen LogP contribution in [0, 0.1) is 5.92 Å². The Morgan fingerprint density at radius 3 is 2.26 bits per heavy atom. The Balaban J connectivity index is 0.00000486. The third kappa shape index (κ3) is 11.9. The van der Waals surface area contributed by atoms with E-state index < -0.39 is 37.3 Å². The zero-order valence-electron chi connectivity index (χ0n) is 30.1. The van der Waals surface area contributed by atoms with Gasteiger partial charge in [0.25, 0.3) is 5.91 Å². The molecule has 0 aliphatic carbocycles. The van der Waals surface area contributed by atoms with Gasteiger partial charge in [0.2, 0.25) is 12.3 Å². The van der Waals surface area contributed by atoms with Crippen LogP contribution in [-0.4, -0.2) is 62.9 Å². The molecule has 3 amide bonds. The number of nitrogens with zero attached hydrogens (tertiary/aromatic N) is 2. The molecule has 16 nitrogen and oxygen atoms in total. The first kappa shape index (κ1) is 43.9. The van der Waals surface area contributed by atoms with E-state index in [2.05, 4.69) is 10.6 Å². The van der Waals surface area contributed by atoms with Crippen molar-refractivity contribution in [3.63, 3.8) is 0 Å². The quantitative estimate of drug-likeness (QED) is 0.0235. The lowest BCUT2D eigenvalue weighted by atomic mass is 9.90. The second-order valence-corrected chi connectivity index (χ2v) is 13.2. The summed E-state index contributed by atoms with van der Waals surface area (Å²) in [7, 11) is -4.61. The summed E-state index contributed by atoms with van der Waals surface area (Å²) in [6, 6.07) is 16.6. The molecular weight excluding hydrogens is 707 g/mol. The van der Waals surface area contributed by atoms with Crippen LogP contribution in [0.1, 0.15) is 73.8 Å². The molecule has 17 heteroatoms. The van der Waals surface area contributed by atoms with E-state index >= 15 is 0 Å². The zero-order chi connectivity index (χ0) is 37.0. The summed E-state index contributed by atoms with van der Waals surface area (Å²) < 4.78 is 24.9. The van der Waals surface area contributed by atoms with Crippen LogP contribution in [-0.2, 0) is 19.0 Å². The van der Waals surface area contributed by atoms with Crippen LogP contribution in [0.3, 0.4) is 0 Å². The number of rotatable bonds is 19. The summed E-state index contributed by atoms with van der Waals surface area (Å²) in [6.07, 6.45) is 7.26. The highest BCUT2D eigenvalue weighted by Crippen LogP contribution is 2.37. The number of carbonyl (C=O) groups is 4. The maximum atomic E-state index is 13.5. The van der Waals surface area contributed by atoms with E-state index in [9.17, 15) is 33.5 Å². The second-order valence-electron chi connectivity index (χ2n) is 11.6. The first-order chi connectivity index (χ1) is 24.5. The van der Waals surface area contributed by atoms with E-state index in [4.69, 9.17) is 14.0 Å². The molecule has 0 radical (unpaired) electrons. The Morgan fingerprint density at radius 1 is 0.962 bits per heavy atom. The van der Waals surface area contributed by atoms with Crippen molar-refractivity contribution in [3.05, 3.63) is 90.4 Å². The molecule has 4 rings (SSSR count). The van der Waals surface area contributed by atoms with Crippen LogP contribution >= 0.6 is 7.60 Å². The van der Waals surface area contributed by atoms with E-state index in [0.717, 1.165) is 23.6 Å². The molecule has 53 heavy (non-hydrogen) atoms. The predicted molar refractivity (Wildman–Crippen MR) is 198 cm³/mol. The summed E-state index contributed by atoms with van der Waals surface area (Å²) in [4.78, 5) is 76.6. The number of carbonyl (C=O) groups excluding carboxylic acids is 4. The standard InChI is InChI=1S/C36H43N4O10P.2H3N/c1-4-7-8-11-30(31(5-2)40(24-41)50-36(44)25-12-14-27(15-13-25)39-18-9-10-19-39)34(42)37-23-38-35(43)33-17-16-32(49-33)26-20-28(48-6-3)22-29(21-26)51(45,46)47;;/h9-10,12-22,24,30-31H,4-8,11,23H2,1-3H3,(H,37,42)(H,38,43)(H2,45,46,47);2*1H3/t30-,31-;;/m1../s1. The molecule has 0 bridgehead atoms. The Bertz CT molecular complexity index is 1820. The van der Waals surface area contributed by atoms with Crippen LogP contribution in [0.15, 0.2) is 83.5 Å². The SMILES string of the molecule is CCCCC[C@@H](C(=O)NCNC(=O)c1ccc(-c2cc(OCC)cc(P(=O)(O)O)c2)o1)[C@@H](CC)N(C=O)OC(=O)c1ccc(-n2cccc2)cc1.N.N. The maximum absolute atomic E-state index is 13.5. The largest absolute Gasteiger partial charge is 0.494 e. The van der Waals surface area contributed by atoms with E-state index in [0.29, 0.717) is 31.2 Å². The lowest BCUT2D eigenvalue weighted by Crippen LogP contribution is -2.49. The summed E-state index contributed by atoms with van der Waals surface area (Å²) >= 11 is 0. The molecule has 0 fully saturated rings. The average Bonchev–Trinajstić information content (AvgIpc) is 3.84. The fourth-order valence-electron chi connectivity index (χ4n) is 5.54. The fourth-order valence-corrected chi connectivity index (χ4v) is 6.14. The van der Waals surface area contributed by atoms with Gasteiger partial charge in [-0.15, -0.1) is 0 Å². The van der Waals surface area contributed by atoms with Crippen LogP contribution in [0.2, 0.25) is 0 Å². The molecule has 0 spiro atoms. The van der Waals surface area contributed by atoms with Crippen LogP contribution in [0.4, 0.5) is 0 Å². The Morgan fingerprint density at radius 2 is 1.66 bits per heavy atom. The van der Waals surface area contributed by atoms with Crippen molar-refractivity contribution in [2.75, 3.05) is 13.3 Å². The molecule has 2 aromatic carbocycles. The van der Waals surface area contributed by atoms with Crippen molar-refractivity contribution in [2.45, 2.75) is 58.9 Å². The smallest absolute Gasteiger partial charge is 0.363 e. The highest BCUT2D eigenvalue weighted by molar-refractivity contribution is 7.60. The van der Waals surface area contributed by atoms with Gasteiger partial charge < -0.3 is 51.3 Å². The van der Waals surface area contributed by atoms with E-state index in [1.807, 2.05) is 36.0 Å². The number of amides is 3. The first-order valence-corrected chi connectivity index (χ1v) is 18.3.